The molecule has 0 spiro atoms. The molecular weight excluding hydrogens is 292 g/mol. The summed E-state index contributed by atoms with van der Waals surface area (Å²) in [7, 11) is 0. The van der Waals surface area contributed by atoms with Gasteiger partial charge in [-0.25, -0.2) is 4.79 Å². The Morgan fingerprint density at radius 3 is 2.61 bits per heavy atom. The van der Waals surface area contributed by atoms with Gasteiger partial charge in [-0.2, -0.15) is 0 Å². The third-order valence-electron chi connectivity index (χ3n) is 3.93. The molecule has 1 saturated heterocycles. The number of ether oxygens (including phenoxy) is 1. The molecule has 128 valence electrons. The summed E-state index contributed by atoms with van der Waals surface area (Å²) in [6, 6.07) is 8.05. The van der Waals surface area contributed by atoms with Crippen molar-refractivity contribution in [2.75, 3.05) is 25.4 Å². The fraction of sp³-hybridized carbons (Fsp3) is 0.588. The topological polar surface area (TPSA) is 93.6 Å². The second-order valence-electron chi connectivity index (χ2n) is 7.04. The maximum Gasteiger partial charge on any atom is 0.407 e. The van der Waals surface area contributed by atoms with Gasteiger partial charge < -0.3 is 21.5 Å². The Kier molecular flexibility index (Phi) is 5.49. The number of amides is 1. The molecule has 0 aliphatic carbocycles. The highest BCUT2D eigenvalue weighted by molar-refractivity contribution is 5.68. The highest BCUT2D eigenvalue weighted by Crippen LogP contribution is 2.25. The fourth-order valence-corrected chi connectivity index (χ4v) is 2.88. The molecule has 0 radical (unpaired) electrons. The van der Waals surface area contributed by atoms with Crippen LogP contribution in [0.3, 0.4) is 0 Å². The van der Waals surface area contributed by atoms with E-state index in [0.29, 0.717) is 6.54 Å². The molecule has 2 atom stereocenters. The van der Waals surface area contributed by atoms with Crippen molar-refractivity contribution in [3.8, 4) is 0 Å². The number of benzene rings is 1. The molecule has 1 amide bonds. The zero-order valence-electron chi connectivity index (χ0n) is 14.2. The minimum atomic E-state index is -0.480. The summed E-state index contributed by atoms with van der Waals surface area (Å²) >= 11 is 0. The maximum atomic E-state index is 11.9. The number of carbonyl (C=O) groups is 1. The summed E-state index contributed by atoms with van der Waals surface area (Å²) in [6.07, 6.45) is 0.534. The van der Waals surface area contributed by atoms with Crippen LogP contribution in [0.25, 0.3) is 0 Å². The van der Waals surface area contributed by atoms with Crippen molar-refractivity contribution in [2.45, 2.75) is 44.9 Å². The van der Waals surface area contributed by atoms with Gasteiger partial charge in [-0.1, -0.05) is 12.1 Å². The number of nitrogens with zero attached hydrogens (tertiary/aromatic N) is 1. The molecule has 1 aliphatic rings. The predicted octanol–water partition coefficient (Wildman–Crippen LogP) is 1.87. The van der Waals surface area contributed by atoms with Crippen LogP contribution < -0.4 is 16.8 Å². The standard InChI is InChI=1S/C17H28N4O2/c1-17(2,3)23-16(22)20-14-8-9-21(11-14)15(10-18)12-4-6-13(19)7-5-12/h4-7,14-15H,8-11,18-19H2,1-3H3,(H,20,22)/t14-,15+/m0/s1. The van der Waals surface area contributed by atoms with Crippen molar-refractivity contribution in [2.24, 2.45) is 5.73 Å². The zero-order chi connectivity index (χ0) is 17.0. The van der Waals surface area contributed by atoms with Gasteiger partial charge in [-0.3, -0.25) is 4.90 Å². The first-order valence-electron chi connectivity index (χ1n) is 8.07. The Labute approximate surface area is 138 Å². The van der Waals surface area contributed by atoms with Gasteiger partial charge in [0.1, 0.15) is 5.60 Å². The number of rotatable bonds is 4. The van der Waals surface area contributed by atoms with Gasteiger partial charge in [0, 0.05) is 37.4 Å². The molecule has 0 aromatic heterocycles. The van der Waals surface area contributed by atoms with E-state index in [1.54, 1.807) is 0 Å². The molecule has 1 aromatic carbocycles. The average Bonchev–Trinajstić information content (AvgIpc) is 2.87. The minimum absolute atomic E-state index is 0.0904. The molecule has 2 rings (SSSR count). The van der Waals surface area contributed by atoms with E-state index < -0.39 is 5.60 Å². The molecule has 1 heterocycles. The quantitative estimate of drug-likeness (QED) is 0.736. The zero-order valence-corrected chi connectivity index (χ0v) is 14.2. The van der Waals surface area contributed by atoms with Crippen molar-refractivity contribution in [3.63, 3.8) is 0 Å². The van der Waals surface area contributed by atoms with Gasteiger partial charge in [0.25, 0.3) is 0 Å². The lowest BCUT2D eigenvalue weighted by molar-refractivity contribution is 0.0504. The first kappa shape index (κ1) is 17.6. The van der Waals surface area contributed by atoms with Crippen LogP contribution in [0.1, 0.15) is 38.8 Å². The summed E-state index contributed by atoms with van der Waals surface area (Å²) in [6.45, 7) is 7.78. The Morgan fingerprint density at radius 2 is 2.04 bits per heavy atom. The molecule has 6 heteroatoms. The number of hydrogen-bond acceptors (Lipinski definition) is 5. The summed E-state index contributed by atoms with van der Waals surface area (Å²) in [5.41, 5.74) is 13.1. The van der Waals surface area contributed by atoms with Crippen molar-refractivity contribution in [1.29, 1.82) is 0 Å². The number of likely N-dealkylation sites (tertiary alicyclic amines) is 1. The molecule has 0 unspecified atom stereocenters. The minimum Gasteiger partial charge on any atom is -0.444 e. The Balaban J connectivity index is 1.93. The van der Waals surface area contributed by atoms with E-state index in [1.165, 1.54) is 0 Å². The number of nitrogens with one attached hydrogen (secondary N) is 1. The fourth-order valence-electron chi connectivity index (χ4n) is 2.88. The molecular formula is C17H28N4O2. The van der Waals surface area contributed by atoms with Crippen molar-refractivity contribution in [1.82, 2.24) is 10.2 Å². The molecule has 1 fully saturated rings. The lowest BCUT2D eigenvalue weighted by Gasteiger charge is -2.27. The van der Waals surface area contributed by atoms with E-state index >= 15 is 0 Å². The third kappa shape index (κ3) is 5.11. The van der Waals surface area contributed by atoms with Gasteiger partial charge in [0.2, 0.25) is 0 Å². The third-order valence-corrected chi connectivity index (χ3v) is 3.93. The first-order chi connectivity index (χ1) is 10.8. The number of hydrogen-bond donors (Lipinski definition) is 3. The monoisotopic (exact) mass is 320 g/mol. The van der Waals surface area contributed by atoms with Crippen LogP contribution >= 0.6 is 0 Å². The molecule has 0 bridgehead atoms. The van der Waals surface area contributed by atoms with Crippen molar-refractivity contribution in [3.05, 3.63) is 29.8 Å². The van der Waals surface area contributed by atoms with E-state index in [0.717, 1.165) is 30.8 Å². The molecule has 23 heavy (non-hydrogen) atoms. The number of nitrogen functional groups attached to an aromatic ring is 1. The second-order valence-corrected chi connectivity index (χ2v) is 7.04. The number of alkyl carbamates (subject to hydrolysis) is 1. The van der Waals surface area contributed by atoms with Crippen LogP contribution in [0.15, 0.2) is 24.3 Å². The second kappa shape index (κ2) is 7.19. The SMILES string of the molecule is CC(C)(C)OC(=O)N[C@H]1CCN([C@H](CN)c2ccc(N)cc2)C1. The normalized spacial score (nSPS) is 20.3. The van der Waals surface area contributed by atoms with Gasteiger partial charge in [-0.15, -0.1) is 0 Å². The first-order valence-corrected chi connectivity index (χ1v) is 8.07. The van der Waals surface area contributed by atoms with Gasteiger partial charge in [0.15, 0.2) is 0 Å². The van der Waals surface area contributed by atoms with Gasteiger partial charge >= 0.3 is 6.09 Å². The Morgan fingerprint density at radius 1 is 1.39 bits per heavy atom. The molecule has 1 aromatic rings. The highest BCUT2D eigenvalue weighted by Gasteiger charge is 2.30. The van der Waals surface area contributed by atoms with Crippen LogP contribution in [-0.4, -0.2) is 42.3 Å². The summed E-state index contributed by atoms with van der Waals surface area (Å²) in [4.78, 5) is 14.2. The Hall–Kier alpha value is -1.79. The van der Waals surface area contributed by atoms with Crippen LogP contribution in [0.2, 0.25) is 0 Å². The van der Waals surface area contributed by atoms with Gasteiger partial charge in [-0.05, 0) is 44.9 Å². The number of nitrogens with two attached hydrogens (primary N) is 2. The average molecular weight is 320 g/mol. The number of carbonyl (C=O) groups excluding carboxylic acids is 1. The Bertz CT molecular complexity index is 524. The predicted molar refractivity (Wildman–Crippen MR) is 92.0 cm³/mol. The lowest BCUT2D eigenvalue weighted by Crippen LogP contribution is -2.41. The van der Waals surface area contributed by atoms with Crippen LogP contribution in [0.5, 0.6) is 0 Å². The lowest BCUT2D eigenvalue weighted by atomic mass is 10.1. The molecule has 1 aliphatic heterocycles. The van der Waals surface area contributed by atoms with Crippen molar-refractivity contribution < 1.29 is 9.53 Å². The van der Waals surface area contributed by atoms with Gasteiger partial charge in [0.05, 0.1) is 0 Å². The largest absolute Gasteiger partial charge is 0.444 e. The van der Waals surface area contributed by atoms with E-state index in [-0.39, 0.29) is 18.2 Å². The molecule has 0 saturated carbocycles. The molecule has 5 N–H and O–H groups in total. The summed E-state index contributed by atoms with van der Waals surface area (Å²) in [5.74, 6) is 0. The van der Waals surface area contributed by atoms with E-state index in [9.17, 15) is 4.79 Å². The van der Waals surface area contributed by atoms with Crippen LogP contribution in [0.4, 0.5) is 10.5 Å². The van der Waals surface area contributed by atoms with E-state index in [1.807, 2.05) is 45.0 Å². The van der Waals surface area contributed by atoms with E-state index in [4.69, 9.17) is 16.2 Å². The number of anilines is 1. The van der Waals surface area contributed by atoms with Crippen molar-refractivity contribution >= 4 is 11.8 Å². The van der Waals surface area contributed by atoms with Crippen LogP contribution in [-0.2, 0) is 4.74 Å². The van der Waals surface area contributed by atoms with Crippen LogP contribution in [0, 0.1) is 0 Å². The summed E-state index contributed by atoms with van der Waals surface area (Å²) < 4.78 is 5.31. The summed E-state index contributed by atoms with van der Waals surface area (Å²) in [5, 5.41) is 2.94. The molecule has 6 nitrogen and oxygen atoms in total. The highest BCUT2D eigenvalue weighted by atomic mass is 16.6. The maximum absolute atomic E-state index is 11.9. The van der Waals surface area contributed by atoms with E-state index in [2.05, 4.69) is 10.2 Å². The smallest absolute Gasteiger partial charge is 0.407 e.